The Morgan fingerprint density at radius 3 is 2.24 bits per heavy atom. The number of likely N-dealkylation sites (N-methyl/N-ethyl adjacent to an activating group) is 1. The first-order valence-corrected chi connectivity index (χ1v) is 4.94. The Balaban J connectivity index is 3.30. The molecule has 1 rings (SSSR count). The smallest absolute Gasteiger partial charge is 0.263 e. The maximum absolute atomic E-state index is 12.8. The molecule has 0 aromatic heterocycles. The predicted octanol–water partition coefficient (Wildman–Crippen LogP) is 1.03. The van der Waals surface area contributed by atoms with E-state index in [1.165, 1.54) is 31.3 Å². The first-order valence-electron chi connectivity index (χ1n) is 4.94. The average Bonchev–Trinajstić information content (AvgIpc) is 2.36. The average molecular weight is 233 g/mol. The summed E-state index contributed by atoms with van der Waals surface area (Å²) < 4.78 is 12.8. The second-order valence-electron chi connectivity index (χ2n) is 3.20. The number of benzene rings is 1. The fourth-order valence-corrected chi connectivity index (χ4v) is 1.38. The first-order chi connectivity index (χ1) is 8.13. The van der Waals surface area contributed by atoms with E-state index in [0.29, 0.717) is 11.3 Å². The van der Waals surface area contributed by atoms with E-state index in [4.69, 9.17) is 5.26 Å². The van der Waals surface area contributed by atoms with Crippen LogP contribution in [-0.4, -0.2) is 20.0 Å². The Kier molecular flexibility index (Phi) is 4.23. The minimum Gasteiger partial charge on any atom is -0.386 e. The number of rotatable bonds is 3. The molecule has 1 aromatic carbocycles. The molecule has 0 radical (unpaired) electrons. The third-order valence-corrected chi connectivity index (χ3v) is 2.20. The largest absolute Gasteiger partial charge is 0.386 e. The lowest BCUT2D eigenvalue weighted by Crippen LogP contribution is -2.23. The van der Waals surface area contributed by atoms with Gasteiger partial charge in [-0.2, -0.15) is 5.26 Å². The normalized spacial score (nSPS) is 11.2. The molecule has 1 amide bonds. The SMILES string of the molecule is CNC(=O)/C(C#N)=C(\NC)c1ccc(F)cc1. The van der Waals surface area contributed by atoms with Gasteiger partial charge in [0.15, 0.2) is 0 Å². The monoisotopic (exact) mass is 233 g/mol. The van der Waals surface area contributed by atoms with E-state index < -0.39 is 5.91 Å². The summed E-state index contributed by atoms with van der Waals surface area (Å²) in [6, 6.07) is 7.37. The lowest BCUT2D eigenvalue weighted by atomic mass is 10.1. The van der Waals surface area contributed by atoms with Crippen molar-refractivity contribution in [1.82, 2.24) is 10.6 Å². The quantitative estimate of drug-likeness (QED) is 0.605. The van der Waals surface area contributed by atoms with Crippen molar-refractivity contribution in [3.8, 4) is 6.07 Å². The highest BCUT2D eigenvalue weighted by Gasteiger charge is 2.14. The predicted molar refractivity (Wildman–Crippen MR) is 62.1 cm³/mol. The van der Waals surface area contributed by atoms with Crippen molar-refractivity contribution < 1.29 is 9.18 Å². The van der Waals surface area contributed by atoms with E-state index in [1.807, 2.05) is 6.07 Å². The molecular formula is C12H12FN3O. The van der Waals surface area contributed by atoms with Gasteiger partial charge in [-0.25, -0.2) is 4.39 Å². The summed E-state index contributed by atoms with van der Waals surface area (Å²) in [6.45, 7) is 0. The summed E-state index contributed by atoms with van der Waals surface area (Å²) in [6.07, 6.45) is 0. The lowest BCUT2D eigenvalue weighted by molar-refractivity contribution is -0.116. The molecule has 0 heterocycles. The van der Waals surface area contributed by atoms with Gasteiger partial charge in [0, 0.05) is 14.1 Å². The number of halogens is 1. The topological polar surface area (TPSA) is 64.9 Å². The Hall–Kier alpha value is -2.35. The molecule has 0 unspecified atom stereocenters. The zero-order chi connectivity index (χ0) is 12.8. The molecule has 88 valence electrons. The highest BCUT2D eigenvalue weighted by molar-refractivity contribution is 6.04. The molecule has 0 fully saturated rings. The van der Waals surface area contributed by atoms with Crippen molar-refractivity contribution >= 4 is 11.6 Å². The fraction of sp³-hybridized carbons (Fsp3) is 0.167. The summed E-state index contributed by atoms with van der Waals surface area (Å²) in [5, 5.41) is 14.1. The number of nitrogens with one attached hydrogen (secondary N) is 2. The summed E-state index contributed by atoms with van der Waals surface area (Å²) in [7, 11) is 3.04. The Bertz CT molecular complexity index is 485. The van der Waals surface area contributed by atoms with E-state index >= 15 is 0 Å². The minimum absolute atomic E-state index is 0.0402. The lowest BCUT2D eigenvalue weighted by Gasteiger charge is -2.09. The van der Waals surface area contributed by atoms with Gasteiger partial charge in [0.2, 0.25) is 0 Å². The van der Waals surface area contributed by atoms with Crippen LogP contribution < -0.4 is 10.6 Å². The van der Waals surface area contributed by atoms with E-state index in [0.717, 1.165) is 0 Å². The third-order valence-electron chi connectivity index (χ3n) is 2.20. The van der Waals surface area contributed by atoms with Crippen LogP contribution in [-0.2, 0) is 4.79 Å². The van der Waals surface area contributed by atoms with Crippen LogP contribution in [0.15, 0.2) is 29.8 Å². The van der Waals surface area contributed by atoms with Gasteiger partial charge in [-0.05, 0) is 29.8 Å². The molecule has 0 saturated heterocycles. The molecule has 5 heteroatoms. The minimum atomic E-state index is -0.485. The van der Waals surface area contributed by atoms with Crippen LogP contribution >= 0.6 is 0 Å². The summed E-state index contributed by atoms with van der Waals surface area (Å²) >= 11 is 0. The van der Waals surface area contributed by atoms with Crippen LogP contribution in [0.1, 0.15) is 5.56 Å². The van der Waals surface area contributed by atoms with Crippen LogP contribution in [0.5, 0.6) is 0 Å². The zero-order valence-electron chi connectivity index (χ0n) is 9.54. The van der Waals surface area contributed by atoms with Crippen LogP contribution in [0.4, 0.5) is 4.39 Å². The molecule has 0 aliphatic heterocycles. The molecule has 17 heavy (non-hydrogen) atoms. The van der Waals surface area contributed by atoms with E-state index in [9.17, 15) is 9.18 Å². The molecular weight excluding hydrogens is 221 g/mol. The van der Waals surface area contributed by atoms with Crippen LogP contribution in [0.25, 0.3) is 5.70 Å². The molecule has 0 bridgehead atoms. The standard InChI is InChI=1S/C12H12FN3O/c1-15-11(10(7-14)12(17)16-2)8-3-5-9(13)6-4-8/h3-6,15H,1-2H3,(H,16,17)/b11-10-. The van der Waals surface area contributed by atoms with E-state index in [-0.39, 0.29) is 11.4 Å². The molecule has 0 saturated carbocycles. The summed E-state index contributed by atoms with van der Waals surface area (Å²) in [5.74, 6) is -0.858. The summed E-state index contributed by atoms with van der Waals surface area (Å²) in [5.41, 5.74) is 0.905. The van der Waals surface area contributed by atoms with Gasteiger partial charge in [0.1, 0.15) is 17.5 Å². The van der Waals surface area contributed by atoms with Crippen molar-refractivity contribution in [2.45, 2.75) is 0 Å². The van der Waals surface area contributed by atoms with Crippen LogP contribution in [0.3, 0.4) is 0 Å². The Labute approximate surface area is 98.8 Å². The molecule has 4 nitrogen and oxygen atoms in total. The Morgan fingerprint density at radius 2 is 1.82 bits per heavy atom. The van der Waals surface area contributed by atoms with Gasteiger partial charge < -0.3 is 10.6 Å². The Morgan fingerprint density at radius 1 is 1.24 bits per heavy atom. The van der Waals surface area contributed by atoms with Crippen molar-refractivity contribution in [2.75, 3.05) is 14.1 Å². The number of hydrogen-bond acceptors (Lipinski definition) is 3. The number of carbonyl (C=O) groups excluding carboxylic acids is 1. The van der Waals surface area contributed by atoms with Gasteiger partial charge in [-0.1, -0.05) is 0 Å². The number of nitriles is 1. The van der Waals surface area contributed by atoms with Crippen LogP contribution in [0.2, 0.25) is 0 Å². The highest BCUT2D eigenvalue weighted by atomic mass is 19.1. The fourth-order valence-electron chi connectivity index (χ4n) is 1.38. The van der Waals surface area contributed by atoms with Gasteiger partial charge in [-0.3, -0.25) is 4.79 Å². The molecule has 0 spiro atoms. The number of hydrogen-bond donors (Lipinski definition) is 2. The molecule has 0 atom stereocenters. The summed E-state index contributed by atoms with van der Waals surface area (Å²) in [4.78, 5) is 11.5. The van der Waals surface area contributed by atoms with Gasteiger partial charge >= 0.3 is 0 Å². The van der Waals surface area contributed by atoms with Gasteiger partial charge in [0.25, 0.3) is 5.91 Å². The number of carbonyl (C=O) groups is 1. The second kappa shape index (κ2) is 5.66. The van der Waals surface area contributed by atoms with Gasteiger partial charge in [0.05, 0.1) is 5.70 Å². The maximum atomic E-state index is 12.8. The van der Waals surface area contributed by atoms with E-state index in [1.54, 1.807) is 7.05 Å². The van der Waals surface area contributed by atoms with Gasteiger partial charge in [-0.15, -0.1) is 0 Å². The number of amides is 1. The van der Waals surface area contributed by atoms with E-state index in [2.05, 4.69) is 10.6 Å². The van der Waals surface area contributed by atoms with Crippen molar-refractivity contribution in [2.24, 2.45) is 0 Å². The van der Waals surface area contributed by atoms with Crippen molar-refractivity contribution in [1.29, 1.82) is 5.26 Å². The van der Waals surface area contributed by atoms with Crippen molar-refractivity contribution in [3.63, 3.8) is 0 Å². The van der Waals surface area contributed by atoms with Crippen LogP contribution in [0, 0.1) is 17.1 Å². The highest BCUT2D eigenvalue weighted by Crippen LogP contribution is 2.16. The molecule has 1 aromatic rings. The molecule has 0 aliphatic carbocycles. The maximum Gasteiger partial charge on any atom is 0.263 e. The molecule has 2 N–H and O–H groups in total. The second-order valence-corrected chi connectivity index (χ2v) is 3.20. The number of nitrogens with zero attached hydrogens (tertiary/aromatic N) is 1. The first kappa shape index (κ1) is 12.7. The van der Waals surface area contributed by atoms with Crippen molar-refractivity contribution in [3.05, 3.63) is 41.2 Å². The molecule has 0 aliphatic rings. The zero-order valence-corrected chi connectivity index (χ0v) is 9.54. The third kappa shape index (κ3) is 2.82.